The van der Waals surface area contributed by atoms with Gasteiger partial charge in [0.1, 0.15) is 12.3 Å². The van der Waals surface area contributed by atoms with Gasteiger partial charge in [0.25, 0.3) is 5.56 Å². The molecule has 1 amide bonds. The number of nitrogens with zero attached hydrogens (tertiary/aromatic N) is 2. The van der Waals surface area contributed by atoms with E-state index in [0.29, 0.717) is 12.3 Å². The molecule has 0 saturated heterocycles. The highest BCUT2D eigenvalue weighted by Crippen LogP contribution is 2.20. The molecule has 0 atom stereocenters. The van der Waals surface area contributed by atoms with Crippen LogP contribution in [0.15, 0.2) is 59.4 Å². The molecular formula is C22H23N3O3. The van der Waals surface area contributed by atoms with Crippen LogP contribution in [-0.4, -0.2) is 22.3 Å². The Kier molecular flexibility index (Phi) is 5.89. The Hall–Kier alpha value is -3.41. The van der Waals surface area contributed by atoms with E-state index >= 15 is 0 Å². The Morgan fingerprint density at radius 1 is 1.07 bits per heavy atom. The van der Waals surface area contributed by atoms with Crippen molar-refractivity contribution in [1.82, 2.24) is 9.78 Å². The van der Waals surface area contributed by atoms with E-state index in [9.17, 15) is 9.59 Å². The molecule has 0 aliphatic carbocycles. The predicted octanol–water partition coefficient (Wildman–Crippen LogP) is 3.56. The highest BCUT2D eigenvalue weighted by atomic mass is 16.5. The molecule has 0 aliphatic heterocycles. The maximum absolute atomic E-state index is 12.4. The Bertz CT molecular complexity index is 1040. The predicted molar refractivity (Wildman–Crippen MR) is 110 cm³/mol. The zero-order valence-corrected chi connectivity index (χ0v) is 16.2. The largest absolute Gasteiger partial charge is 0.494 e. The minimum atomic E-state index is -0.328. The van der Waals surface area contributed by atoms with Gasteiger partial charge in [0.05, 0.1) is 12.3 Å². The molecule has 0 unspecified atom stereocenters. The number of aryl methyl sites for hydroxylation is 2. The van der Waals surface area contributed by atoms with Crippen molar-refractivity contribution in [1.29, 1.82) is 0 Å². The summed E-state index contributed by atoms with van der Waals surface area (Å²) in [4.78, 5) is 24.6. The number of hydrogen-bond donors (Lipinski definition) is 1. The van der Waals surface area contributed by atoms with Crippen LogP contribution < -0.4 is 15.6 Å². The normalized spacial score (nSPS) is 10.5. The molecule has 0 aliphatic rings. The van der Waals surface area contributed by atoms with E-state index in [-0.39, 0.29) is 18.0 Å². The van der Waals surface area contributed by atoms with Crippen molar-refractivity contribution in [3.8, 4) is 17.0 Å². The quantitative estimate of drug-likeness (QED) is 0.713. The SMILES string of the molecule is CCOc1ccc(-c2ccc(=O)n(CC(=O)Nc3ccc(C)cc3C)n2)cc1. The van der Waals surface area contributed by atoms with Crippen LogP contribution in [0.25, 0.3) is 11.3 Å². The average molecular weight is 377 g/mol. The summed E-state index contributed by atoms with van der Waals surface area (Å²) in [6.45, 7) is 6.29. The summed E-state index contributed by atoms with van der Waals surface area (Å²) in [5.74, 6) is 0.470. The fourth-order valence-electron chi connectivity index (χ4n) is 2.88. The Morgan fingerprint density at radius 2 is 1.82 bits per heavy atom. The van der Waals surface area contributed by atoms with Crippen molar-refractivity contribution < 1.29 is 9.53 Å². The highest BCUT2D eigenvalue weighted by molar-refractivity contribution is 5.91. The molecular weight excluding hydrogens is 354 g/mol. The number of hydrogen-bond acceptors (Lipinski definition) is 4. The Balaban J connectivity index is 1.77. The smallest absolute Gasteiger partial charge is 0.267 e. The van der Waals surface area contributed by atoms with E-state index in [2.05, 4.69) is 10.4 Å². The Morgan fingerprint density at radius 3 is 2.50 bits per heavy atom. The fourth-order valence-corrected chi connectivity index (χ4v) is 2.88. The van der Waals surface area contributed by atoms with Crippen molar-refractivity contribution in [2.24, 2.45) is 0 Å². The van der Waals surface area contributed by atoms with E-state index in [1.54, 1.807) is 6.07 Å². The molecule has 6 nitrogen and oxygen atoms in total. The summed E-state index contributed by atoms with van der Waals surface area (Å²) in [7, 11) is 0. The lowest BCUT2D eigenvalue weighted by Gasteiger charge is -2.11. The van der Waals surface area contributed by atoms with Crippen LogP contribution in [0, 0.1) is 13.8 Å². The van der Waals surface area contributed by atoms with Gasteiger partial charge in [-0.05, 0) is 62.7 Å². The van der Waals surface area contributed by atoms with Crippen LogP contribution in [0.3, 0.4) is 0 Å². The van der Waals surface area contributed by atoms with Gasteiger partial charge in [-0.15, -0.1) is 0 Å². The summed E-state index contributed by atoms with van der Waals surface area (Å²) in [5.41, 5.74) is 3.94. The van der Waals surface area contributed by atoms with Crippen LogP contribution in [0.4, 0.5) is 5.69 Å². The number of rotatable bonds is 6. The summed E-state index contributed by atoms with van der Waals surface area (Å²) in [6, 6.07) is 16.3. The molecule has 0 saturated carbocycles. The number of amides is 1. The second kappa shape index (κ2) is 8.52. The number of carbonyl (C=O) groups is 1. The standard InChI is InChI=1S/C22H23N3O3/c1-4-28-18-8-6-17(7-9-18)20-11-12-22(27)25(24-20)14-21(26)23-19-10-5-15(2)13-16(19)3/h5-13H,4,14H2,1-3H3,(H,23,26). The lowest BCUT2D eigenvalue weighted by molar-refractivity contribution is -0.117. The van der Waals surface area contributed by atoms with Crippen molar-refractivity contribution in [2.45, 2.75) is 27.3 Å². The van der Waals surface area contributed by atoms with Gasteiger partial charge in [-0.1, -0.05) is 17.7 Å². The molecule has 1 N–H and O–H groups in total. The lowest BCUT2D eigenvalue weighted by Crippen LogP contribution is -2.29. The molecule has 0 fully saturated rings. The van der Waals surface area contributed by atoms with Gasteiger partial charge in [0.15, 0.2) is 0 Å². The summed E-state index contributed by atoms with van der Waals surface area (Å²) >= 11 is 0. The van der Waals surface area contributed by atoms with Crippen LogP contribution in [0.1, 0.15) is 18.1 Å². The molecule has 0 bridgehead atoms. The number of ether oxygens (including phenoxy) is 1. The molecule has 3 rings (SSSR count). The molecule has 3 aromatic rings. The number of nitrogens with one attached hydrogen (secondary N) is 1. The first-order valence-electron chi connectivity index (χ1n) is 9.15. The van der Waals surface area contributed by atoms with Gasteiger partial charge >= 0.3 is 0 Å². The van der Waals surface area contributed by atoms with Gasteiger partial charge in [0, 0.05) is 17.3 Å². The van der Waals surface area contributed by atoms with Crippen LogP contribution >= 0.6 is 0 Å². The van der Waals surface area contributed by atoms with Crippen molar-refractivity contribution in [3.63, 3.8) is 0 Å². The molecule has 2 aromatic carbocycles. The molecule has 1 aromatic heterocycles. The number of anilines is 1. The Labute approximate surface area is 163 Å². The maximum Gasteiger partial charge on any atom is 0.267 e. The monoisotopic (exact) mass is 377 g/mol. The fraction of sp³-hybridized carbons (Fsp3) is 0.227. The first-order chi connectivity index (χ1) is 13.5. The molecule has 0 radical (unpaired) electrons. The minimum absolute atomic E-state index is 0.156. The van der Waals surface area contributed by atoms with Gasteiger partial charge < -0.3 is 10.1 Å². The first kappa shape index (κ1) is 19.4. The highest BCUT2D eigenvalue weighted by Gasteiger charge is 2.10. The van der Waals surface area contributed by atoms with Crippen LogP contribution in [0.2, 0.25) is 0 Å². The third-order valence-corrected chi connectivity index (χ3v) is 4.28. The minimum Gasteiger partial charge on any atom is -0.494 e. The van der Waals surface area contributed by atoms with E-state index < -0.39 is 0 Å². The van der Waals surface area contributed by atoms with Gasteiger partial charge in [-0.3, -0.25) is 9.59 Å². The molecule has 1 heterocycles. The van der Waals surface area contributed by atoms with Crippen LogP contribution in [-0.2, 0) is 11.3 Å². The number of carbonyl (C=O) groups excluding carboxylic acids is 1. The zero-order chi connectivity index (χ0) is 20.1. The maximum atomic E-state index is 12.4. The lowest BCUT2D eigenvalue weighted by atomic mass is 10.1. The van der Waals surface area contributed by atoms with E-state index in [4.69, 9.17) is 4.74 Å². The van der Waals surface area contributed by atoms with Crippen molar-refractivity contribution in [3.05, 3.63) is 76.1 Å². The second-order valence-electron chi connectivity index (χ2n) is 6.54. The first-order valence-corrected chi connectivity index (χ1v) is 9.15. The third kappa shape index (κ3) is 4.65. The van der Waals surface area contributed by atoms with E-state index in [1.165, 1.54) is 10.7 Å². The summed E-state index contributed by atoms with van der Waals surface area (Å²) < 4.78 is 6.61. The summed E-state index contributed by atoms with van der Waals surface area (Å²) in [6.07, 6.45) is 0. The third-order valence-electron chi connectivity index (χ3n) is 4.28. The van der Waals surface area contributed by atoms with E-state index in [1.807, 2.05) is 63.2 Å². The van der Waals surface area contributed by atoms with Gasteiger partial charge in [0.2, 0.25) is 5.91 Å². The van der Waals surface area contributed by atoms with Gasteiger partial charge in [-0.25, -0.2) is 4.68 Å². The molecule has 6 heteroatoms. The van der Waals surface area contributed by atoms with Crippen molar-refractivity contribution >= 4 is 11.6 Å². The van der Waals surface area contributed by atoms with Crippen molar-refractivity contribution in [2.75, 3.05) is 11.9 Å². The molecule has 0 spiro atoms. The molecule has 144 valence electrons. The topological polar surface area (TPSA) is 73.2 Å². The zero-order valence-electron chi connectivity index (χ0n) is 16.2. The van der Waals surface area contributed by atoms with Crippen LogP contribution in [0.5, 0.6) is 5.75 Å². The summed E-state index contributed by atoms with van der Waals surface area (Å²) in [5, 5.41) is 7.18. The second-order valence-corrected chi connectivity index (χ2v) is 6.54. The van der Waals surface area contributed by atoms with Gasteiger partial charge in [-0.2, -0.15) is 5.10 Å². The van der Waals surface area contributed by atoms with E-state index in [0.717, 1.165) is 28.1 Å². The number of benzene rings is 2. The molecule has 28 heavy (non-hydrogen) atoms. The number of aromatic nitrogens is 2. The average Bonchev–Trinajstić information content (AvgIpc) is 2.67.